The van der Waals surface area contributed by atoms with Crippen LogP contribution in [0.2, 0.25) is 0 Å². The van der Waals surface area contributed by atoms with Crippen molar-refractivity contribution in [3.8, 4) is 0 Å². The van der Waals surface area contributed by atoms with E-state index < -0.39 is 17.5 Å². The first-order valence-corrected chi connectivity index (χ1v) is 7.00. The molecule has 0 bridgehead atoms. The lowest BCUT2D eigenvalue weighted by atomic mass is 10.3. The molecule has 0 unspecified atom stereocenters. The van der Waals surface area contributed by atoms with E-state index in [-0.39, 0.29) is 9.90 Å². The smallest absolute Gasteiger partial charge is 0.288 e. The summed E-state index contributed by atoms with van der Waals surface area (Å²) >= 11 is 2.25. The second-order valence-corrected chi connectivity index (χ2v) is 5.36. The molecule has 0 aliphatic carbocycles. The fourth-order valence-electron chi connectivity index (χ4n) is 1.28. The van der Waals surface area contributed by atoms with Crippen LogP contribution in [0, 0.1) is 11.6 Å². The molecule has 1 heterocycles. The lowest BCUT2D eigenvalue weighted by Gasteiger charge is -2.01. The number of rotatable bonds is 4. The lowest BCUT2D eigenvalue weighted by Crippen LogP contribution is -2.29. The molecule has 1 amide bonds. The summed E-state index contributed by atoms with van der Waals surface area (Å²) < 4.78 is 26.3. The Kier molecular flexibility index (Phi) is 4.46. The standard InChI is InChI=1S/C11H9F2N3OS2/c12-6-1-2-8(13)9(3-6)18-4-7-5-19-11(15-7)10(17)16-14/h1-3,5H,4,14H2,(H,16,17). The van der Waals surface area contributed by atoms with E-state index in [0.717, 1.165) is 41.3 Å². The van der Waals surface area contributed by atoms with Crippen molar-refractivity contribution in [2.75, 3.05) is 0 Å². The summed E-state index contributed by atoms with van der Waals surface area (Å²) in [6.07, 6.45) is 0. The largest absolute Gasteiger partial charge is 0.294 e. The highest BCUT2D eigenvalue weighted by atomic mass is 32.2. The maximum absolute atomic E-state index is 13.4. The third kappa shape index (κ3) is 3.49. The average molecular weight is 301 g/mol. The fraction of sp³-hybridized carbons (Fsp3) is 0.0909. The van der Waals surface area contributed by atoms with E-state index in [9.17, 15) is 13.6 Å². The molecule has 0 radical (unpaired) electrons. The molecular formula is C11H9F2N3OS2. The molecule has 0 atom stereocenters. The molecule has 0 saturated heterocycles. The molecule has 1 aromatic heterocycles. The lowest BCUT2D eigenvalue weighted by molar-refractivity contribution is 0.0953. The molecule has 3 N–H and O–H groups in total. The Morgan fingerprint density at radius 3 is 3.00 bits per heavy atom. The number of hydrazine groups is 1. The van der Waals surface area contributed by atoms with Crippen LogP contribution in [0.4, 0.5) is 8.78 Å². The van der Waals surface area contributed by atoms with Gasteiger partial charge in [-0.05, 0) is 18.2 Å². The number of nitrogen functional groups attached to an aromatic ring is 1. The Morgan fingerprint density at radius 2 is 2.26 bits per heavy atom. The molecule has 2 aromatic rings. The maximum Gasteiger partial charge on any atom is 0.294 e. The van der Waals surface area contributed by atoms with Gasteiger partial charge in [-0.15, -0.1) is 23.1 Å². The normalized spacial score (nSPS) is 10.5. The minimum atomic E-state index is -0.495. The number of nitrogens with one attached hydrogen (secondary N) is 1. The van der Waals surface area contributed by atoms with Crippen LogP contribution in [-0.2, 0) is 5.75 Å². The number of hydrogen-bond donors (Lipinski definition) is 2. The van der Waals surface area contributed by atoms with Gasteiger partial charge in [-0.1, -0.05) is 0 Å². The van der Waals surface area contributed by atoms with Gasteiger partial charge < -0.3 is 0 Å². The van der Waals surface area contributed by atoms with Crippen molar-refractivity contribution in [3.63, 3.8) is 0 Å². The molecule has 0 aliphatic rings. The van der Waals surface area contributed by atoms with E-state index in [2.05, 4.69) is 4.98 Å². The highest BCUT2D eigenvalue weighted by Crippen LogP contribution is 2.26. The zero-order valence-electron chi connectivity index (χ0n) is 9.52. The molecule has 0 fully saturated rings. The number of benzene rings is 1. The number of aromatic nitrogens is 1. The predicted octanol–water partition coefficient (Wildman–Crippen LogP) is 2.32. The van der Waals surface area contributed by atoms with Gasteiger partial charge >= 0.3 is 0 Å². The first-order valence-electron chi connectivity index (χ1n) is 5.13. The van der Waals surface area contributed by atoms with Crippen molar-refractivity contribution >= 4 is 29.0 Å². The minimum Gasteiger partial charge on any atom is -0.288 e. The number of nitrogens with two attached hydrogens (primary N) is 1. The first-order chi connectivity index (χ1) is 9.10. The average Bonchev–Trinajstić information content (AvgIpc) is 2.88. The number of hydrogen-bond acceptors (Lipinski definition) is 5. The molecule has 2 rings (SSSR count). The minimum absolute atomic E-state index is 0.206. The van der Waals surface area contributed by atoms with Crippen LogP contribution in [0.1, 0.15) is 15.5 Å². The van der Waals surface area contributed by atoms with Gasteiger partial charge in [0.2, 0.25) is 0 Å². The molecule has 8 heteroatoms. The third-order valence-electron chi connectivity index (χ3n) is 2.15. The Morgan fingerprint density at radius 1 is 1.47 bits per heavy atom. The SMILES string of the molecule is NNC(=O)c1nc(CSc2cc(F)ccc2F)cs1. The van der Waals surface area contributed by atoms with Gasteiger partial charge in [0.05, 0.1) is 5.69 Å². The number of halogens is 2. The molecule has 0 spiro atoms. The molecule has 0 aliphatic heterocycles. The second kappa shape index (κ2) is 6.09. The zero-order valence-corrected chi connectivity index (χ0v) is 11.2. The molecule has 100 valence electrons. The quantitative estimate of drug-likeness (QED) is 0.393. The summed E-state index contributed by atoms with van der Waals surface area (Å²) in [5.74, 6) is 3.87. The van der Waals surface area contributed by atoms with E-state index in [1.807, 2.05) is 5.43 Å². The third-order valence-corrected chi connectivity index (χ3v) is 4.10. The number of thiazole rings is 1. The molecule has 1 aromatic carbocycles. The molecule has 4 nitrogen and oxygen atoms in total. The molecular weight excluding hydrogens is 292 g/mol. The van der Waals surface area contributed by atoms with Crippen molar-refractivity contribution in [3.05, 3.63) is 45.9 Å². The summed E-state index contributed by atoms with van der Waals surface area (Å²) in [5, 5.41) is 1.91. The molecule has 0 saturated carbocycles. The number of carbonyl (C=O) groups excluding carboxylic acids is 1. The zero-order chi connectivity index (χ0) is 13.8. The Balaban J connectivity index is 2.04. The van der Waals surface area contributed by atoms with Gasteiger partial charge in [0.15, 0.2) is 5.01 Å². The van der Waals surface area contributed by atoms with Crippen LogP contribution < -0.4 is 11.3 Å². The van der Waals surface area contributed by atoms with Crippen LogP contribution in [0.15, 0.2) is 28.5 Å². The van der Waals surface area contributed by atoms with E-state index in [0.29, 0.717) is 11.4 Å². The number of thioether (sulfide) groups is 1. The van der Waals surface area contributed by atoms with Gasteiger partial charge in [0, 0.05) is 16.0 Å². The van der Waals surface area contributed by atoms with Crippen LogP contribution in [-0.4, -0.2) is 10.9 Å². The van der Waals surface area contributed by atoms with Gasteiger partial charge in [0.25, 0.3) is 5.91 Å². The maximum atomic E-state index is 13.4. The fourth-order valence-corrected chi connectivity index (χ4v) is 2.96. The summed E-state index contributed by atoms with van der Waals surface area (Å²) in [6.45, 7) is 0. The van der Waals surface area contributed by atoms with Crippen molar-refractivity contribution in [2.45, 2.75) is 10.6 Å². The van der Waals surface area contributed by atoms with Gasteiger partial charge in [-0.25, -0.2) is 19.6 Å². The van der Waals surface area contributed by atoms with Crippen molar-refractivity contribution in [1.29, 1.82) is 0 Å². The first kappa shape index (κ1) is 13.9. The number of amides is 1. The monoisotopic (exact) mass is 301 g/mol. The topological polar surface area (TPSA) is 68.0 Å². The summed E-state index contributed by atoms with van der Waals surface area (Å²) in [4.78, 5) is 15.4. The number of nitrogens with zero attached hydrogens (tertiary/aromatic N) is 1. The highest BCUT2D eigenvalue weighted by molar-refractivity contribution is 7.98. The van der Waals surface area contributed by atoms with Crippen molar-refractivity contribution in [2.24, 2.45) is 5.84 Å². The van der Waals surface area contributed by atoms with Crippen LogP contribution >= 0.6 is 23.1 Å². The van der Waals surface area contributed by atoms with Crippen molar-refractivity contribution in [1.82, 2.24) is 10.4 Å². The summed E-state index contributed by atoms with van der Waals surface area (Å²) in [7, 11) is 0. The van der Waals surface area contributed by atoms with Gasteiger partial charge in [-0.3, -0.25) is 10.2 Å². The number of carbonyl (C=O) groups is 1. The Labute approximate surface area is 116 Å². The Bertz CT molecular complexity index is 603. The van der Waals surface area contributed by atoms with E-state index in [4.69, 9.17) is 5.84 Å². The van der Waals surface area contributed by atoms with Crippen LogP contribution in [0.5, 0.6) is 0 Å². The molecule has 19 heavy (non-hydrogen) atoms. The van der Waals surface area contributed by atoms with Gasteiger partial charge in [0.1, 0.15) is 11.6 Å². The highest BCUT2D eigenvalue weighted by Gasteiger charge is 2.11. The van der Waals surface area contributed by atoms with E-state index >= 15 is 0 Å². The van der Waals surface area contributed by atoms with Crippen LogP contribution in [0.25, 0.3) is 0 Å². The van der Waals surface area contributed by atoms with Crippen molar-refractivity contribution < 1.29 is 13.6 Å². The Hall–Kier alpha value is -1.51. The second-order valence-electron chi connectivity index (χ2n) is 3.48. The predicted molar refractivity (Wildman–Crippen MR) is 69.7 cm³/mol. The summed E-state index contributed by atoms with van der Waals surface area (Å²) in [6, 6.07) is 3.26. The van der Waals surface area contributed by atoms with Gasteiger partial charge in [-0.2, -0.15) is 0 Å². The van der Waals surface area contributed by atoms with E-state index in [1.165, 1.54) is 0 Å². The van der Waals surface area contributed by atoms with Crippen LogP contribution in [0.3, 0.4) is 0 Å². The summed E-state index contributed by atoms with van der Waals surface area (Å²) in [5.41, 5.74) is 2.59. The van der Waals surface area contributed by atoms with E-state index in [1.54, 1.807) is 5.38 Å².